The Morgan fingerprint density at radius 2 is 0.462 bits per heavy atom. The van der Waals surface area contributed by atoms with Gasteiger partial charge in [-0.15, -0.1) is 0 Å². The Hall–Kier alpha value is -4.82. The molecule has 4 aromatic rings. The highest BCUT2D eigenvalue weighted by molar-refractivity contribution is 7.20. The minimum atomic E-state index is -6.13. The van der Waals surface area contributed by atoms with Gasteiger partial charge in [0.2, 0.25) is 0 Å². The standard InChI is InChI=1S/C32H12BF24.C6H14NO/c34-25(35,36)13-1-14(26(37,38)39)6-21(5-13)33(22-7-15(27(40,41)42)2-16(8-22)28(43,44)45,23-9-17(29(46,47)48)3-18(10-23)30(49,50)51)24-11-19(31(52,53)54)4-20(12-24)32(55,56)57;1-7(2)3-5-8-6-4-7/h1-12H;3-6H2,1-2H3/q-1;+1. The van der Waals surface area contributed by atoms with Crippen LogP contribution in [0.1, 0.15) is 44.5 Å². The molecule has 1 aliphatic heterocycles. The molecule has 0 radical (unpaired) electrons. The third-order valence-corrected chi connectivity index (χ3v) is 10.1. The summed E-state index contributed by atoms with van der Waals surface area (Å²) in [7, 11) is 4.48. The van der Waals surface area contributed by atoms with Crippen LogP contribution in [0.5, 0.6) is 0 Å². The van der Waals surface area contributed by atoms with Crippen LogP contribution >= 0.6 is 0 Å². The molecule has 1 fully saturated rings. The van der Waals surface area contributed by atoms with E-state index in [-0.39, 0.29) is 0 Å². The monoisotopic (exact) mass is 979 g/mol. The fraction of sp³-hybridized carbons (Fsp3) is 0.368. The largest absolute Gasteiger partial charge is 0.416 e. The van der Waals surface area contributed by atoms with Crippen LogP contribution in [0.4, 0.5) is 105 Å². The van der Waals surface area contributed by atoms with Gasteiger partial charge in [-0.1, -0.05) is 48.5 Å². The summed E-state index contributed by atoms with van der Waals surface area (Å²) >= 11 is 0. The van der Waals surface area contributed by atoms with Crippen molar-refractivity contribution in [1.82, 2.24) is 0 Å². The van der Waals surface area contributed by atoms with Crippen molar-refractivity contribution < 1.29 is 115 Å². The van der Waals surface area contributed by atoms with Gasteiger partial charge >= 0.3 is 49.4 Å². The molecule has 65 heavy (non-hydrogen) atoms. The van der Waals surface area contributed by atoms with Gasteiger partial charge in [0.15, 0.2) is 0 Å². The Kier molecular flexibility index (Phi) is 13.9. The normalized spacial score (nSPS) is 16.0. The maximum atomic E-state index is 14.2. The van der Waals surface area contributed by atoms with E-state index in [1.54, 1.807) is 0 Å². The van der Waals surface area contributed by atoms with Gasteiger partial charge in [-0.2, -0.15) is 127 Å². The van der Waals surface area contributed by atoms with Crippen molar-refractivity contribution in [2.75, 3.05) is 40.4 Å². The predicted molar refractivity (Wildman–Crippen MR) is 183 cm³/mol. The minimum absolute atomic E-state index is 0.691. The molecule has 0 spiro atoms. The lowest BCUT2D eigenvalue weighted by Crippen LogP contribution is -2.75. The highest BCUT2D eigenvalue weighted by Gasteiger charge is 2.47. The molecule has 4 aromatic carbocycles. The van der Waals surface area contributed by atoms with Crippen molar-refractivity contribution in [3.63, 3.8) is 0 Å². The lowest BCUT2D eigenvalue weighted by Gasteiger charge is -2.46. The van der Waals surface area contributed by atoms with Crippen LogP contribution < -0.4 is 21.9 Å². The number of nitrogens with zero attached hydrogens (tertiary/aromatic N) is 1. The van der Waals surface area contributed by atoms with E-state index >= 15 is 0 Å². The second-order valence-corrected chi connectivity index (χ2v) is 15.2. The van der Waals surface area contributed by atoms with Crippen LogP contribution in [0.3, 0.4) is 0 Å². The second-order valence-electron chi connectivity index (χ2n) is 15.2. The molecule has 0 atom stereocenters. The molecule has 1 heterocycles. The van der Waals surface area contributed by atoms with Crippen LogP contribution in [-0.4, -0.2) is 51.0 Å². The van der Waals surface area contributed by atoms with Crippen molar-refractivity contribution in [2.24, 2.45) is 0 Å². The summed E-state index contributed by atoms with van der Waals surface area (Å²) in [6, 6.07) is -8.81. The first-order valence-corrected chi connectivity index (χ1v) is 17.7. The van der Waals surface area contributed by atoms with Gasteiger partial charge in [-0.05, 0) is 24.3 Å². The van der Waals surface area contributed by atoms with Gasteiger partial charge in [-0.3, -0.25) is 0 Å². The number of hydrogen-bond donors (Lipinski definition) is 0. The second kappa shape index (κ2) is 17.1. The van der Waals surface area contributed by atoms with E-state index in [1.165, 1.54) is 13.1 Å². The molecule has 360 valence electrons. The Balaban J connectivity index is 0.00000104. The predicted octanol–water partition coefficient (Wildman–Crippen LogP) is 11.3. The van der Waals surface area contributed by atoms with Crippen LogP contribution in [0.15, 0.2) is 72.8 Å². The Morgan fingerprint density at radius 1 is 0.308 bits per heavy atom. The van der Waals surface area contributed by atoms with Gasteiger partial charge in [0, 0.05) is 0 Å². The molecule has 1 saturated heterocycles. The Labute approximate surface area is 349 Å². The number of morpholine rings is 1. The Bertz CT molecular complexity index is 1900. The van der Waals surface area contributed by atoms with Crippen LogP contribution in [0.25, 0.3) is 0 Å². The van der Waals surface area contributed by atoms with Crippen molar-refractivity contribution in [3.05, 3.63) is 117 Å². The lowest BCUT2D eigenvalue weighted by atomic mass is 9.12. The van der Waals surface area contributed by atoms with Crippen molar-refractivity contribution in [3.8, 4) is 0 Å². The maximum Gasteiger partial charge on any atom is 0.416 e. The maximum absolute atomic E-state index is 14.2. The molecule has 0 aliphatic carbocycles. The molecule has 0 unspecified atom stereocenters. The summed E-state index contributed by atoms with van der Waals surface area (Å²) in [6.45, 7) is 4.21. The zero-order valence-corrected chi connectivity index (χ0v) is 32.3. The van der Waals surface area contributed by atoms with Crippen LogP contribution in [-0.2, 0) is 54.1 Å². The first-order chi connectivity index (χ1) is 29.0. The number of ether oxygens (including phenoxy) is 1. The number of likely N-dealkylation sites (N-methyl/N-ethyl adjacent to an activating group) is 1. The Morgan fingerprint density at radius 3 is 0.569 bits per heavy atom. The first kappa shape index (κ1) is 52.8. The van der Waals surface area contributed by atoms with Crippen molar-refractivity contribution in [2.45, 2.75) is 49.4 Å². The number of hydrogen-bond acceptors (Lipinski definition) is 1. The zero-order chi connectivity index (χ0) is 49.9. The molecule has 1 aliphatic rings. The summed E-state index contributed by atoms with van der Waals surface area (Å²) < 4.78 is 347. The first-order valence-electron chi connectivity index (χ1n) is 17.7. The van der Waals surface area contributed by atoms with Gasteiger partial charge in [0.25, 0.3) is 0 Å². The van der Waals surface area contributed by atoms with E-state index in [4.69, 9.17) is 4.74 Å². The molecular weight excluding hydrogens is 953 g/mol. The fourth-order valence-corrected chi connectivity index (χ4v) is 6.91. The molecule has 0 N–H and O–H groups in total. The summed E-state index contributed by atoms with van der Waals surface area (Å²) in [4.78, 5) is 0. The molecule has 0 saturated carbocycles. The highest BCUT2D eigenvalue weighted by Crippen LogP contribution is 2.41. The number of alkyl halides is 24. The molecular formula is C38H26BF24NO. The number of benzene rings is 4. The molecule has 0 amide bonds. The summed E-state index contributed by atoms with van der Waals surface area (Å²) in [5, 5.41) is 0. The SMILES string of the molecule is C[N+]1(C)CCOCC1.FC(F)(F)c1cc([B-](c2cc(C(F)(F)F)cc(C(F)(F)F)c2)(c2cc(C(F)(F)F)cc(C(F)(F)F)c2)c2cc(C(F)(F)F)cc(C(F)(F)F)c2)cc(C(F)(F)F)c1. The number of quaternary nitrogens is 1. The fourth-order valence-electron chi connectivity index (χ4n) is 6.91. The molecule has 2 nitrogen and oxygen atoms in total. The summed E-state index contributed by atoms with van der Waals surface area (Å²) in [5.74, 6) is 0. The topological polar surface area (TPSA) is 9.23 Å². The van der Waals surface area contributed by atoms with E-state index in [9.17, 15) is 105 Å². The molecule has 0 aromatic heterocycles. The average Bonchev–Trinajstić information content (AvgIpc) is 3.12. The molecule has 0 bridgehead atoms. The van der Waals surface area contributed by atoms with Gasteiger partial charge in [0.1, 0.15) is 19.2 Å². The van der Waals surface area contributed by atoms with Gasteiger partial charge in [0.05, 0.1) is 71.8 Å². The third-order valence-electron chi connectivity index (χ3n) is 10.1. The average molecular weight is 979 g/mol. The quantitative estimate of drug-likeness (QED) is 0.112. The van der Waals surface area contributed by atoms with E-state index in [2.05, 4.69) is 14.1 Å². The summed E-state index contributed by atoms with van der Waals surface area (Å²) in [5.41, 5.74) is -30.2. The van der Waals surface area contributed by atoms with Crippen molar-refractivity contribution >= 4 is 28.0 Å². The number of halogens is 24. The zero-order valence-electron chi connectivity index (χ0n) is 32.3. The molecule has 5 rings (SSSR count). The van der Waals surface area contributed by atoms with Crippen LogP contribution in [0.2, 0.25) is 0 Å². The van der Waals surface area contributed by atoms with Gasteiger partial charge in [-0.25, -0.2) is 0 Å². The van der Waals surface area contributed by atoms with E-state index in [0.29, 0.717) is 0 Å². The minimum Gasteiger partial charge on any atom is -0.370 e. The van der Waals surface area contributed by atoms with Gasteiger partial charge < -0.3 is 9.22 Å². The van der Waals surface area contributed by atoms with Crippen LogP contribution in [0, 0.1) is 0 Å². The summed E-state index contributed by atoms with van der Waals surface area (Å²) in [6.07, 6.45) is -54.8. The lowest BCUT2D eigenvalue weighted by molar-refractivity contribution is -0.898. The number of rotatable bonds is 4. The molecule has 27 heteroatoms. The smallest absolute Gasteiger partial charge is 0.370 e. The van der Waals surface area contributed by atoms with E-state index < -0.39 is 195 Å². The van der Waals surface area contributed by atoms with E-state index in [0.717, 1.165) is 17.7 Å². The highest BCUT2D eigenvalue weighted by atomic mass is 19.4. The van der Waals surface area contributed by atoms with E-state index in [1.807, 2.05) is 0 Å². The van der Waals surface area contributed by atoms with Crippen molar-refractivity contribution in [1.29, 1.82) is 0 Å². The third kappa shape index (κ3) is 12.4.